The Balaban J connectivity index is 1.65. The summed E-state index contributed by atoms with van der Waals surface area (Å²) in [6, 6.07) is 30.2. The van der Waals surface area contributed by atoms with Crippen LogP contribution in [0.25, 0.3) is 5.69 Å². The molecular weight excluding hydrogens is 466 g/mol. The molecule has 1 aromatic heterocycles. The molecule has 4 aromatic rings. The Morgan fingerprint density at radius 1 is 0.972 bits per heavy atom. The van der Waals surface area contributed by atoms with Gasteiger partial charge >= 0.3 is 0 Å². The maximum atomic E-state index is 10.0. The number of halogens is 1. The minimum Gasteiger partial charge on any atom is -0.308 e. The fraction of sp³-hybridized carbons (Fsp3) is 0.233. The number of nitriles is 2. The molecule has 0 spiro atoms. The first kappa shape index (κ1) is 25.2. The van der Waals surface area contributed by atoms with E-state index in [0.717, 1.165) is 28.8 Å². The number of nitrogens with one attached hydrogen (secondary N) is 1. The van der Waals surface area contributed by atoms with E-state index in [0.29, 0.717) is 17.1 Å². The van der Waals surface area contributed by atoms with E-state index >= 15 is 0 Å². The Morgan fingerprint density at radius 3 is 2.42 bits per heavy atom. The monoisotopic (exact) mass is 493 g/mol. The lowest BCUT2D eigenvalue weighted by atomic mass is 9.81. The molecule has 3 aromatic carbocycles. The van der Waals surface area contributed by atoms with Gasteiger partial charge in [-0.3, -0.25) is 0 Å². The molecule has 0 aliphatic rings. The normalized spacial score (nSPS) is 12.9. The van der Waals surface area contributed by atoms with E-state index in [1.54, 1.807) is 6.20 Å². The number of nitrogens with zero attached hydrogens (tertiary/aromatic N) is 4. The number of hydrogen-bond acceptors (Lipinski definition) is 4. The van der Waals surface area contributed by atoms with Gasteiger partial charge in [0.2, 0.25) is 0 Å². The summed E-state index contributed by atoms with van der Waals surface area (Å²) in [4.78, 5) is 0. The van der Waals surface area contributed by atoms with Gasteiger partial charge in [-0.2, -0.15) is 15.6 Å². The fourth-order valence-corrected chi connectivity index (χ4v) is 4.58. The van der Waals surface area contributed by atoms with Crippen molar-refractivity contribution in [3.05, 3.63) is 119 Å². The van der Waals surface area contributed by atoms with Crippen LogP contribution in [0.1, 0.15) is 48.1 Å². The molecule has 0 bridgehead atoms. The minimum atomic E-state index is -0.665. The topological polar surface area (TPSA) is 77.4 Å². The summed E-state index contributed by atoms with van der Waals surface area (Å²) < 4.78 is 1.82. The molecule has 0 amide bonds. The fourth-order valence-electron chi connectivity index (χ4n) is 4.46. The number of aromatic nitrogens is 2. The minimum absolute atomic E-state index is 0.0887. The summed E-state index contributed by atoms with van der Waals surface area (Å²) in [5.41, 5.74) is 4.17. The van der Waals surface area contributed by atoms with Gasteiger partial charge in [-0.05, 0) is 79.4 Å². The van der Waals surface area contributed by atoms with Crippen molar-refractivity contribution in [2.45, 2.75) is 32.2 Å². The van der Waals surface area contributed by atoms with Crippen LogP contribution in [0.3, 0.4) is 0 Å². The van der Waals surface area contributed by atoms with Gasteiger partial charge in [0.15, 0.2) is 0 Å². The third-order valence-corrected chi connectivity index (χ3v) is 6.69. The van der Waals surface area contributed by atoms with E-state index in [2.05, 4.69) is 34.7 Å². The third-order valence-electron chi connectivity index (χ3n) is 6.43. The van der Waals surface area contributed by atoms with Gasteiger partial charge < -0.3 is 5.32 Å². The Morgan fingerprint density at radius 2 is 1.72 bits per heavy atom. The quantitative estimate of drug-likeness (QED) is 0.285. The maximum absolute atomic E-state index is 10.0. The van der Waals surface area contributed by atoms with Crippen LogP contribution in [0, 0.1) is 28.1 Å². The molecule has 0 fully saturated rings. The summed E-state index contributed by atoms with van der Waals surface area (Å²) in [6.07, 6.45) is 4.42. The lowest BCUT2D eigenvalue weighted by molar-refractivity contribution is 0.317. The molecule has 0 saturated carbocycles. The van der Waals surface area contributed by atoms with Crippen molar-refractivity contribution in [1.29, 1.82) is 10.5 Å². The van der Waals surface area contributed by atoms with E-state index in [-0.39, 0.29) is 12.0 Å². The molecule has 4 rings (SSSR count). The molecule has 2 unspecified atom stereocenters. The van der Waals surface area contributed by atoms with Gasteiger partial charge in [0, 0.05) is 29.9 Å². The maximum Gasteiger partial charge on any atom is 0.0991 e. The molecule has 180 valence electrons. The zero-order valence-corrected chi connectivity index (χ0v) is 21.2. The number of hydrogen-bond donors (Lipinski definition) is 1. The van der Waals surface area contributed by atoms with Gasteiger partial charge in [0.25, 0.3) is 0 Å². The van der Waals surface area contributed by atoms with E-state index in [1.165, 1.54) is 0 Å². The van der Waals surface area contributed by atoms with E-state index in [9.17, 15) is 10.5 Å². The lowest BCUT2D eigenvalue weighted by Crippen LogP contribution is -2.36. The Hall–Kier alpha value is -3.90. The molecule has 36 heavy (non-hydrogen) atoms. The summed E-state index contributed by atoms with van der Waals surface area (Å²) in [5, 5.41) is 28.2. The smallest absolute Gasteiger partial charge is 0.0991 e. The molecular formula is C30H28ClN5. The van der Waals surface area contributed by atoms with E-state index < -0.39 is 5.41 Å². The second-order valence-corrected chi connectivity index (χ2v) is 9.92. The van der Waals surface area contributed by atoms with Crippen LogP contribution in [-0.4, -0.2) is 16.3 Å². The van der Waals surface area contributed by atoms with Crippen molar-refractivity contribution in [1.82, 2.24) is 15.1 Å². The van der Waals surface area contributed by atoms with Crippen LogP contribution in [0.4, 0.5) is 0 Å². The van der Waals surface area contributed by atoms with E-state index in [4.69, 9.17) is 11.6 Å². The first-order valence-corrected chi connectivity index (χ1v) is 12.3. The van der Waals surface area contributed by atoms with Crippen LogP contribution >= 0.6 is 11.6 Å². The Kier molecular flexibility index (Phi) is 7.86. The summed E-state index contributed by atoms with van der Waals surface area (Å²) in [6.45, 7) is 4.53. The molecule has 0 saturated heterocycles. The van der Waals surface area contributed by atoms with Gasteiger partial charge in [0.1, 0.15) is 0 Å². The highest BCUT2D eigenvalue weighted by Crippen LogP contribution is 2.34. The Labute approximate surface area is 217 Å². The predicted octanol–water partition coefficient (Wildman–Crippen LogP) is 6.60. The zero-order valence-electron chi connectivity index (χ0n) is 20.4. The molecule has 1 heterocycles. The molecule has 0 radical (unpaired) electrons. The van der Waals surface area contributed by atoms with Crippen LogP contribution in [0.5, 0.6) is 0 Å². The van der Waals surface area contributed by atoms with Crippen molar-refractivity contribution in [2.24, 2.45) is 5.41 Å². The zero-order chi connectivity index (χ0) is 25.5. The average molecular weight is 494 g/mol. The average Bonchev–Trinajstić information content (AvgIpc) is 3.45. The highest BCUT2D eigenvalue weighted by atomic mass is 35.5. The first-order chi connectivity index (χ1) is 17.4. The van der Waals surface area contributed by atoms with Crippen molar-refractivity contribution >= 4 is 11.6 Å². The van der Waals surface area contributed by atoms with Gasteiger partial charge in [0.05, 0.1) is 34.8 Å². The molecule has 6 heteroatoms. The predicted molar refractivity (Wildman–Crippen MR) is 143 cm³/mol. The third kappa shape index (κ3) is 6.01. The van der Waals surface area contributed by atoms with Crippen molar-refractivity contribution in [2.75, 3.05) is 6.54 Å². The van der Waals surface area contributed by atoms with Gasteiger partial charge in [-0.1, -0.05) is 48.0 Å². The van der Waals surface area contributed by atoms with Crippen molar-refractivity contribution in [3.8, 4) is 17.8 Å². The first-order valence-electron chi connectivity index (χ1n) is 11.9. The number of rotatable bonds is 9. The van der Waals surface area contributed by atoms with Crippen LogP contribution in [-0.2, 0) is 6.42 Å². The molecule has 5 nitrogen and oxygen atoms in total. The standard InChI is InChI=1S/C30H28ClN5/c1-30(2,21-33)29(25-8-4-9-28(18-25)36-15-5-14-35-36)34-20-26(16-22-10-12-27(31)13-11-22)24-7-3-6-23(17-24)19-32/h3-15,17-18,26,29,34H,16,20H2,1-2H3. The second kappa shape index (κ2) is 11.2. The van der Waals surface area contributed by atoms with Gasteiger partial charge in [-0.25, -0.2) is 4.68 Å². The van der Waals surface area contributed by atoms with Gasteiger partial charge in [-0.15, -0.1) is 0 Å². The molecule has 2 atom stereocenters. The summed E-state index contributed by atoms with van der Waals surface area (Å²) in [5.74, 6) is 0.0887. The highest BCUT2D eigenvalue weighted by Gasteiger charge is 2.31. The summed E-state index contributed by atoms with van der Waals surface area (Å²) >= 11 is 6.11. The molecule has 0 aliphatic heterocycles. The van der Waals surface area contributed by atoms with E-state index in [1.807, 2.05) is 91.5 Å². The lowest BCUT2D eigenvalue weighted by Gasteiger charge is -2.32. The Bertz CT molecular complexity index is 1380. The summed E-state index contributed by atoms with van der Waals surface area (Å²) in [7, 11) is 0. The molecule has 1 N–H and O–H groups in total. The number of benzene rings is 3. The highest BCUT2D eigenvalue weighted by molar-refractivity contribution is 6.30. The molecule has 0 aliphatic carbocycles. The SMILES string of the molecule is CC(C)(C#N)C(NCC(Cc1ccc(Cl)cc1)c1cccc(C#N)c1)c1cccc(-n2cccn2)c1. The largest absolute Gasteiger partial charge is 0.308 e. The van der Waals surface area contributed by atoms with Crippen LogP contribution < -0.4 is 5.32 Å². The van der Waals surface area contributed by atoms with Crippen molar-refractivity contribution < 1.29 is 0 Å². The van der Waals surface area contributed by atoms with Crippen molar-refractivity contribution in [3.63, 3.8) is 0 Å². The second-order valence-electron chi connectivity index (χ2n) is 9.49. The van der Waals surface area contributed by atoms with Crippen LogP contribution in [0.2, 0.25) is 5.02 Å². The van der Waals surface area contributed by atoms with Crippen LogP contribution in [0.15, 0.2) is 91.3 Å².